The summed E-state index contributed by atoms with van der Waals surface area (Å²) in [5, 5.41) is 0. The Kier molecular flexibility index (Phi) is 4.03. The maximum atomic E-state index is 10.5. The average Bonchev–Trinajstić information content (AvgIpc) is 2.40. The second-order valence-electron chi connectivity index (χ2n) is 4.32. The van der Waals surface area contributed by atoms with Crippen molar-refractivity contribution in [2.24, 2.45) is 5.92 Å². The molecule has 0 aliphatic carbocycles. The van der Waals surface area contributed by atoms with Gasteiger partial charge in [0.05, 0.1) is 5.56 Å². The van der Waals surface area contributed by atoms with Crippen molar-refractivity contribution in [1.82, 2.24) is 9.97 Å². The van der Waals surface area contributed by atoms with E-state index in [1.54, 1.807) is 19.5 Å². The van der Waals surface area contributed by atoms with Crippen molar-refractivity contribution in [3.8, 4) is 0 Å². The van der Waals surface area contributed by atoms with Gasteiger partial charge in [0.15, 0.2) is 6.29 Å². The van der Waals surface area contributed by atoms with Gasteiger partial charge in [0.25, 0.3) is 0 Å². The molecule has 0 atom stereocenters. The van der Waals surface area contributed by atoms with Gasteiger partial charge in [0.1, 0.15) is 0 Å². The lowest BCUT2D eigenvalue weighted by atomic mass is 9.98. The molecule has 0 saturated carbocycles. The van der Waals surface area contributed by atoms with E-state index in [9.17, 15) is 4.79 Å². The molecule has 2 rings (SSSR count). The van der Waals surface area contributed by atoms with E-state index in [-0.39, 0.29) is 0 Å². The molecule has 1 fully saturated rings. The Morgan fingerprint density at radius 3 is 2.59 bits per heavy atom. The van der Waals surface area contributed by atoms with E-state index in [1.807, 2.05) is 0 Å². The van der Waals surface area contributed by atoms with Crippen LogP contribution < -0.4 is 4.90 Å². The third-order valence-electron chi connectivity index (χ3n) is 3.09. The number of carbonyl (C=O) groups is 1. The summed E-state index contributed by atoms with van der Waals surface area (Å²) in [7, 11) is 1.74. The highest BCUT2D eigenvalue weighted by atomic mass is 16.5. The molecular weight excluding hydrogens is 218 g/mol. The topological polar surface area (TPSA) is 55.3 Å². The first-order valence-electron chi connectivity index (χ1n) is 5.84. The van der Waals surface area contributed by atoms with Crippen molar-refractivity contribution in [2.75, 3.05) is 31.7 Å². The molecule has 0 spiro atoms. The number of methoxy groups -OCH3 is 1. The Morgan fingerprint density at radius 2 is 2.06 bits per heavy atom. The predicted octanol–water partition coefficient (Wildman–Crippen LogP) is 1.15. The van der Waals surface area contributed by atoms with Crippen LogP contribution in [0, 0.1) is 5.92 Å². The van der Waals surface area contributed by atoms with Crippen molar-refractivity contribution in [1.29, 1.82) is 0 Å². The van der Waals surface area contributed by atoms with Gasteiger partial charge in [-0.2, -0.15) is 0 Å². The van der Waals surface area contributed by atoms with Crippen LogP contribution >= 0.6 is 0 Å². The second kappa shape index (κ2) is 5.72. The molecule has 1 saturated heterocycles. The fraction of sp³-hybridized carbons (Fsp3) is 0.583. The lowest BCUT2D eigenvalue weighted by Crippen LogP contribution is -2.36. The van der Waals surface area contributed by atoms with Gasteiger partial charge in [-0.1, -0.05) is 0 Å². The monoisotopic (exact) mass is 235 g/mol. The van der Waals surface area contributed by atoms with Crippen LogP contribution in [0.1, 0.15) is 23.2 Å². The van der Waals surface area contributed by atoms with E-state index in [1.165, 1.54) is 0 Å². The predicted molar refractivity (Wildman–Crippen MR) is 64.2 cm³/mol. The van der Waals surface area contributed by atoms with E-state index in [0.717, 1.165) is 38.8 Å². The van der Waals surface area contributed by atoms with Crippen LogP contribution in [-0.2, 0) is 4.74 Å². The Bertz CT molecular complexity index is 359. The minimum atomic E-state index is 0.517. The summed E-state index contributed by atoms with van der Waals surface area (Å²) in [6.07, 6.45) is 6.10. The number of aromatic nitrogens is 2. The van der Waals surface area contributed by atoms with Crippen LogP contribution in [0.4, 0.5) is 5.95 Å². The average molecular weight is 235 g/mol. The highest BCUT2D eigenvalue weighted by Gasteiger charge is 2.20. The van der Waals surface area contributed by atoms with Crippen molar-refractivity contribution >= 4 is 12.2 Å². The number of carbonyl (C=O) groups excluding carboxylic acids is 1. The molecule has 0 bridgehead atoms. The third-order valence-corrected chi connectivity index (χ3v) is 3.09. The molecular formula is C12H17N3O2. The van der Waals surface area contributed by atoms with Gasteiger partial charge >= 0.3 is 0 Å². The molecule has 17 heavy (non-hydrogen) atoms. The zero-order chi connectivity index (χ0) is 12.1. The molecule has 1 aromatic heterocycles. The summed E-state index contributed by atoms with van der Waals surface area (Å²) in [4.78, 5) is 21.0. The van der Waals surface area contributed by atoms with Gasteiger partial charge in [0, 0.05) is 39.2 Å². The first-order chi connectivity index (χ1) is 8.33. The van der Waals surface area contributed by atoms with Gasteiger partial charge in [-0.3, -0.25) is 4.79 Å². The third kappa shape index (κ3) is 3.00. The summed E-state index contributed by atoms with van der Waals surface area (Å²) in [5.74, 6) is 1.36. The molecule has 1 aromatic rings. The smallest absolute Gasteiger partial charge is 0.225 e. The number of nitrogens with zero attached hydrogens (tertiary/aromatic N) is 3. The maximum Gasteiger partial charge on any atom is 0.225 e. The zero-order valence-corrected chi connectivity index (χ0v) is 10.0. The normalized spacial score (nSPS) is 17.1. The first-order valence-corrected chi connectivity index (χ1v) is 5.84. The summed E-state index contributed by atoms with van der Waals surface area (Å²) < 4.78 is 5.16. The van der Waals surface area contributed by atoms with Crippen LogP contribution in [0.15, 0.2) is 12.4 Å². The largest absolute Gasteiger partial charge is 0.384 e. The van der Waals surface area contributed by atoms with E-state index in [2.05, 4.69) is 14.9 Å². The molecule has 5 nitrogen and oxygen atoms in total. The van der Waals surface area contributed by atoms with Crippen molar-refractivity contribution in [2.45, 2.75) is 12.8 Å². The van der Waals surface area contributed by atoms with Gasteiger partial charge in [-0.15, -0.1) is 0 Å². The van der Waals surface area contributed by atoms with Crippen LogP contribution in [0.2, 0.25) is 0 Å². The quantitative estimate of drug-likeness (QED) is 0.733. The lowest BCUT2D eigenvalue weighted by molar-refractivity contribution is 0.112. The van der Waals surface area contributed by atoms with E-state index in [0.29, 0.717) is 17.4 Å². The van der Waals surface area contributed by atoms with Gasteiger partial charge in [-0.05, 0) is 18.8 Å². The summed E-state index contributed by atoms with van der Waals surface area (Å²) in [6.45, 7) is 2.74. The van der Waals surface area contributed by atoms with Gasteiger partial charge in [0.2, 0.25) is 5.95 Å². The van der Waals surface area contributed by atoms with Crippen molar-refractivity contribution < 1.29 is 9.53 Å². The molecule has 0 aromatic carbocycles. The Labute approximate surface area is 101 Å². The molecule has 2 heterocycles. The Morgan fingerprint density at radius 1 is 1.41 bits per heavy atom. The number of rotatable bonds is 4. The molecule has 1 aliphatic rings. The fourth-order valence-corrected chi connectivity index (χ4v) is 2.09. The van der Waals surface area contributed by atoms with E-state index in [4.69, 9.17) is 4.74 Å². The molecule has 0 N–H and O–H groups in total. The Hall–Kier alpha value is -1.49. The Balaban J connectivity index is 1.93. The second-order valence-corrected chi connectivity index (χ2v) is 4.32. The number of aldehydes is 1. The van der Waals surface area contributed by atoms with E-state index < -0.39 is 0 Å². The van der Waals surface area contributed by atoms with Crippen molar-refractivity contribution in [3.05, 3.63) is 18.0 Å². The molecule has 5 heteroatoms. The van der Waals surface area contributed by atoms with Crippen LogP contribution in [0.5, 0.6) is 0 Å². The summed E-state index contributed by atoms with van der Waals surface area (Å²) in [6, 6.07) is 0. The zero-order valence-electron chi connectivity index (χ0n) is 10.0. The molecule has 92 valence electrons. The fourth-order valence-electron chi connectivity index (χ4n) is 2.09. The number of hydrogen-bond donors (Lipinski definition) is 0. The highest BCUT2D eigenvalue weighted by Crippen LogP contribution is 2.20. The maximum absolute atomic E-state index is 10.5. The van der Waals surface area contributed by atoms with E-state index >= 15 is 0 Å². The molecule has 0 unspecified atom stereocenters. The van der Waals surface area contributed by atoms with Crippen LogP contribution in [0.25, 0.3) is 0 Å². The number of piperidine rings is 1. The minimum absolute atomic E-state index is 0.517. The number of hydrogen-bond acceptors (Lipinski definition) is 5. The lowest BCUT2D eigenvalue weighted by Gasteiger charge is -2.31. The van der Waals surface area contributed by atoms with Crippen LogP contribution in [-0.4, -0.2) is 43.1 Å². The van der Waals surface area contributed by atoms with Crippen LogP contribution in [0.3, 0.4) is 0 Å². The minimum Gasteiger partial charge on any atom is -0.384 e. The SMILES string of the molecule is COCC1CCN(c2ncc(C=O)cn2)CC1. The number of anilines is 1. The number of ether oxygens (including phenoxy) is 1. The molecule has 0 amide bonds. The highest BCUT2D eigenvalue weighted by molar-refractivity contribution is 5.73. The van der Waals surface area contributed by atoms with Gasteiger partial charge in [-0.25, -0.2) is 9.97 Å². The first kappa shape index (κ1) is 12.0. The molecule has 1 aliphatic heterocycles. The van der Waals surface area contributed by atoms with Gasteiger partial charge < -0.3 is 9.64 Å². The van der Waals surface area contributed by atoms with Crippen molar-refractivity contribution in [3.63, 3.8) is 0 Å². The summed E-state index contributed by atoms with van der Waals surface area (Å²) in [5.41, 5.74) is 0.517. The standard InChI is InChI=1S/C12H17N3O2/c1-17-9-10-2-4-15(5-3-10)12-13-6-11(8-16)7-14-12/h6-8,10H,2-5,9H2,1H3. The molecule has 0 radical (unpaired) electrons. The summed E-state index contributed by atoms with van der Waals surface area (Å²) >= 11 is 0.